The van der Waals surface area contributed by atoms with Crippen molar-refractivity contribution < 1.29 is 14.9 Å². The van der Waals surface area contributed by atoms with Crippen molar-refractivity contribution in [3.05, 3.63) is 17.7 Å². The first-order chi connectivity index (χ1) is 7.20. The molecule has 1 fully saturated rings. The number of hydrogen-bond acceptors (Lipinski definition) is 4. The zero-order chi connectivity index (χ0) is 10.8. The molecule has 2 rings (SSSR count). The molecule has 0 spiro atoms. The van der Waals surface area contributed by atoms with Gasteiger partial charge in [0, 0.05) is 18.7 Å². The van der Waals surface area contributed by atoms with Crippen LogP contribution in [0.25, 0.3) is 0 Å². The molecule has 1 aliphatic rings. The highest BCUT2D eigenvalue weighted by atomic mass is 16.5. The largest absolute Gasteiger partial charge is 0.508 e. The van der Waals surface area contributed by atoms with Crippen LogP contribution in [0.3, 0.4) is 0 Å². The molecule has 0 aromatic heterocycles. The second kappa shape index (κ2) is 3.98. The van der Waals surface area contributed by atoms with E-state index in [4.69, 9.17) is 4.74 Å². The third kappa shape index (κ3) is 1.85. The molecule has 0 amide bonds. The smallest absolute Gasteiger partial charge is 0.139 e. The maximum absolute atomic E-state index is 9.77. The monoisotopic (exact) mass is 209 g/mol. The van der Waals surface area contributed by atoms with Crippen molar-refractivity contribution >= 4 is 5.69 Å². The van der Waals surface area contributed by atoms with E-state index in [9.17, 15) is 10.2 Å². The highest BCUT2D eigenvalue weighted by Gasteiger charge is 2.18. The van der Waals surface area contributed by atoms with Crippen LogP contribution in [-0.4, -0.2) is 36.5 Å². The van der Waals surface area contributed by atoms with E-state index in [0.29, 0.717) is 13.2 Å². The van der Waals surface area contributed by atoms with Crippen molar-refractivity contribution in [2.24, 2.45) is 0 Å². The number of rotatable bonds is 1. The van der Waals surface area contributed by atoms with Crippen molar-refractivity contribution in [3.63, 3.8) is 0 Å². The van der Waals surface area contributed by atoms with Gasteiger partial charge in [0.2, 0.25) is 0 Å². The average Bonchev–Trinajstić information content (AvgIpc) is 2.26. The molecule has 0 aliphatic carbocycles. The normalized spacial score (nSPS) is 16.7. The van der Waals surface area contributed by atoms with Crippen LogP contribution in [0.1, 0.15) is 5.56 Å². The number of phenols is 2. The average molecular weight is 209 g/mol. The fraction of sp³-hybridized carbons (Fsp3) is 0.455. The fourth-order valence-electron chi connectivity index (χ4n) is 1.86. The molecule has 4 heteroatoms. The molecule has 0 atom stereocenters. The molecular weight excluding hydrogens is 194 g/mol. The van der Waals surface area contributed by atoms with Gasteiger partial charge in [0.05, 0.1) is 18.9 Å². The van der Waals surface area contributed by atoms with E-state index in [1.807, 2.05) is 4.90 Å². The van der Waals surface area contributed by atoms with Gasteiger partial charge < -0.3 is 19.8 Å². The van der Waals surface area contributed by atoms with Crippen LogP contribution in [0.5, 0.6) is 11.5 Å². The van der Waals surface area contributed by atoms with Crippen molar-refractivity contribution in [2.45, 2.75) is 6.92 Å². The van der Waals surface area contributed by atoms with Gasteiger partial charge in [-0.05, 0) is 19.1 Å². The van der Waals surface area contributed by atoms with Crippen LogP contribution >= 0.6 is 0 Å². The number of morpholine rings is 1. The van der Waals surface area contributed by atoms with E-state index in [2.05, 4.69) is 0 Å². The van der Waals surface area contributed by atoms with Crippen LogP contribution in [0.2, 0.25) is 0 Å². The number of ether oxygens (including phenoxy) is 1. The third-order valence-corrected chi connectivity index (χ3v) is 2.71. The lowest BCUT2D eigenvalue weighted by Crippen LogP contribution is -2.36. The zero-order valence-electron chi connectivity index (χ0n) is 8.73. The first kappa shape index (κ1) is 10.1. The molecule has 1 aliphatic heterocycles. The molecule has 0 radical (unpaired) electrons. The molecule has 1 saturated heterocycles. The van der Waals surface area contributed by atoms with E-state index >= 15 is 0 Å². The van der Waals surface area contributed by atoms with Crippen LogP contribution in [0, 0.1) is 6.92 Å². The fourth-order valence-corrected chi connectivity index (χ4v) is 1.86. The minimum atomic E-state index is 0.215. The number of anilines is 1. The quantitative estimate of drug-likeness (QED) is 0.683. The standard InChI is InChI=1S/C11H15NO3/c1-8-9(13)2-3-10(14)11(8)12-4-6-15-7-5-12/h2-3,13-14H,4-7H2,1H3. The lowest BCUT2D eigenvalue weighted by atomic mass is 10.1. The summed E-state index contributed by atoms with van der Waals surface area (Å²) in [7, 11) is 0. The van der Waals surface area contributed by atoms with Gasteiger partial charge >= 0.3 is 0 Å². The van der Waals surface area contributed by atoms with Gasteiger partial charge in [-0.1, -0.05) is 0 Å². The Labute approximate surface area is 88.7 Å². The minimum Gasteiger partial charge on any atom is -0.508 e. The minimum absolute atomic E-state index is 0.215. The number of phenolic OH excluding ortho intramolecular Hbond substituents is 2. The maximum Gasteiger partial charge on any atom is 0.139 e. The van der Waals surface area contributed by atoms with Gasteiger partial charge in [0.25, 0.3) is 0 Å². The van der Waals surface area contributed by atoms with Crippen molar-refractivity contribution in [1.29, 1.82) is 0 Å². The Kier molecular flexibility index (Phi) is 2.68. The van der Waals surface area contributed by atoms with E-state index < -0.39 is 0 Å². The summed E-state index contributed by atoms with van der Waals surface area (Å²) in [4.78, 5) is 2.04. The highest BCUT2D eigenvalue weighted by molar-refractivity contribution is 5.66. The van der Waals surface area contributed by atoms with E-state index in [1.165, 1.54) is 12.1 Å². The second-order valence-corrected chi connectivity index (χ2v) is 3.68. The van der Waals surface area contributed by atoms with Crippen molar-refractivity contribution in [1.82, 2.24) is 0 Å². The van der Waals surface area contributed by atoms with Crippen LogP contribution in [-0.2, 0) is 4.74 Å². The van der Waals surface area contributed by atoms with E-state index in [0.717, 1.165) is 24.3 Å². The Hall–Kier alpha value is -1.42. The molecule has 82 valence electrons. The van der Waals surface area contributed by atoms with Gasteiger partial charge in [0.1, 0.15) is 11.5 Å². The first-order valence-electron chi connectivity index (χ1n) is 5.04. The lowest BCUT2D eigenvalue weighted by molar-refractivity contribution is 0.122. The summed E-state index contributed by atoms with van der Waals surface area (Å²) in [5.74, 6) is 0.432. The predicted octanol–water partition coefficient (Wildman–Crippen LogP) is 1.24. The first-order valence-corrected chi connectivity index (χ1v) is 5.04. The Morgan fingerprint density at radius 2 is 1.73 bits per heavy atom. The summed E-state index contributed by atoms with van der Waals surface area (Å²) in [6.45, 7) is 4.62. The molecular formula is C11H15NO3. The Balaban J connectivity index is 2.36. The topological polar surface area (TPSA) is 52.9 Å². The van der Waals surface area contributed by atoms with Crippen molar-refractivity contribution in [2.75, 3.05) is 31.2 Å². The molecule has 0 bridgehead atoms. The molecule has 2 N–H and O–H groups in total. The summed E-state index contributed by atoms with van der Waals surface area (Å²) in [6, 6.07) is 3.03. The van der Waals surface area contributed by atoms with Gasteiger partial charge in [-0.2, -0.15) is 0 Å². The zero-order valence-corrected chi connectivity index (χ0v) is 8.73. The summed E-state index contributed by atoms with van der Waals surface area (Å²) < 4.78 is 5.25. The molecule has 1 aromatic carbocycles. The Bertz CT molecular complexity index is 359. The van der Waals surface area contributed by atoms with E-state index in [1.54, 1.807) is 6.92 Å². The summed E-state index contributed by atoms with van der Waals surface area (Å²) in [6.07, 6.45) is 0. The van der Waals surface area contributed by atoms with E-state index in [-0.39, 0.29) is 11.5 Å². The highest BCUT2D eigenvalue weighted by Crippen LogP contribution is 2.36. The molecule has 1 aromatic rings. The Morgan fingerprint density at radius 1 is 1.13 bits per heavy atom. The van der Waals surface area contributed by atoms with Crippen LogP contribution in [0.15, 0.2) is 12.1 Å². The third-order valence-electron chi connectivity index (χ3n) is 2.71. The molecule has 4 nitrogen and oxygen atoms in total. The van der Waals surface area contributed by atoms with Crippen LogP contribution < -0.4 is 4.90 Å². The SMILES string of the molecule is Cc1c(O)ccc(O)c1N1CCOCC1. The Morgan fingerprint density at radius 3 is 2.40 bits per heavy atom. The lowest BCUT2D eigenvalue weighted by Gasteiger charge is -2.30. The predicted molar refractivity (Wildman–Crippen MR) is 57.5 cm³/mol. The van der Waals surface area contributed by atoms with Crippen molar-refractivity contribution in [3.8, 4) is 11.5 Å². The summed E-state index contributed by atoms with van der Waals surface area (Å²) in [5.41, 5.74) is 1.44. The number of benzene rings is 1. The number of hydrogen-bond donors (Lipinski definition) is 2. The number of nitrogens with zero attached hydrogens (tertiary/aromatic N) is 1. The summed E-state index contributed by atoms with van der Waals surface area (Å²) in [5, 5.41) is 19.4. The van der Waals surface area contributed by atoms with Crippen LogP contribution in [0.4, 0.5) is 5.69 Å². The maximum atomic E-state index is 9.77. The number of aromatic hydroxyl groups is 2. The van der Waals surface area contributed by atoms with Gasteiger partial charge in [0.15, 0.2) is 0 Å². The molecule has 0 unspecified atom stereocenters. The van der Waals surface area contributed by atoms with Gasteiger partial charge in [-0.25, -0.2) is 0 Å². The van der Waals surface area contributed by atoms with Gasteiger partial charge in [-0.3, -0.25) is 0 Å². The molecule has 0 saturated carbocycles. The molecule has 15 heavy (non-hydrogen) atoms. The second-order valence-electron chi connectivity index (χ2n) is 3.68. The van der Waals surface area contributed by atoms with Gasteiger partial charge in [-0.15, -0.1) is 0 Å². The summed E-state index contributed by atoms with van der Waals surface area (Å²) >= 11 is 0. The molecule has 1 heterocycles.